The number of urea groups is 1. The molecule has 2 rings (SSSR count). The third kappa shape index (κ3) is 3.65. The molecule has 20 heavy (non-hydrogen) atoms. The van der Waals surface area contributed by atoms with Crippen LogP contribution in [-0.4, -0.2) is 55.4 Å². The highest BCUT2D eigenvalue weighted by Gasteiger charge is 2.48. The highest BCUT2D eigenvalue weighted by atomic mass is 16.5. The van der Waals surface area contributed by atoms with Crippen molar-refractivity contribution in [1.29, 1.82) is 0 Å². The number of amides is 2. The van der Waals surface area contributed by atoms with Crippen molar-refractivity contribution in [3.8, 4) is 12.3 Å². The Hall–Kier alpha value is -1.25. The first-order valence-electron chi connectivity index (χ1n) is 7.41. The van der Waals surface area contributed by atoms with Crippen LogP contribution in [0.15, 0.2) is 0 Å². The van der Waals surface area contributed by atoms with Crippen LogP contribution in [-0.2, 0) is 4.74 Å². The van der Waals surface area contributed by atoms with Crippen molar-refractivity contribution in [2.75, 3.05) is 32.8 Å². The zero-order valence-corrected chi connectivity index (χ0v) is 12.4. The van der Waals surface area contributed by atoms with Crippen molar-refractivity contribution >= 4 is 6.03 Å². The number of morpholine rings is 1. The summed E-state index contributed by atoms with van der Waals surface area (Å²) in [6, 6.07) is -0.380. The van der Waals surface area contributed by atoms with Gasteiger partial charge in [0.05, 0.1) is 19.3 Å². The van der Waals surface area contributed by atoms with E-state index in [1.54, 1.807) is 0 Å². The Morgan fingerprint density at radius 1 is 1.40 bits per heavy atom. The highest BCUT2D eigenvalue weighted by molar-refractivity contribution is 5.74. The fraction of sp³-hybridized carbons (Fsp3) is 0.800. The Balaban J connectivity index is 1.77. The molecule has 0 aromatic carbocycles. The monoisotopic (exact) mass is 279 g/mol. The molecular formula is C15H25N3O2. The van der Waals surface area contributed by atoms with E-state index in [1.165, 1.54) is 0 Å². The Morgan fingerprint density at radius 3 is 2.55 bits per heavy atom. The van der Waals surface area contributed by atoms with Gasteiger partial charge >= 0.3 is 6.03 Å². The molecule has 1 atom stereocenters. The molecule has 5 heteroatoms. The molecule has 0 unspecified atom stereocenters. The third-order valence-electron chi connectivity index (χ3n) is 4.22. The molecule has 1 saturated carbocycles. The summed E-state index contributed by atoms with van der Waals surface area (Å²) in [5, 5.41) is 5.81. The molecule has 0 spiro atoms. The van der Waals surface area contributed by atoms with Crippen molar-refractivity contribution < 1.29 is 9.53 Å². The maximum absolute atomic E-state index is 11.9. The standard InChI is InChI=1S/C15H25N3O2/c1-4-13(12(2)3)17-14(19)16-11-15(5-6-15)18-7-9-20-10-8-18/h1,12-13H,5-11H2,2-3H3,(H2,16,17,19)/t13-/m0/s1. The number of carbonyl (C=O) groups is 1. The van der Waals surface area contributed by atoms with Crippen LogP contribution in [0.5, 0.6) is 0 Å². The number of rotatable bonds is 5. The molecule has 5 nitrogen and oxygen atoms in total. The lowest BCUT2D eigenvalue weighted by atomic mass is 10.1. The second-order valence-electron chi connectivity index (χ2n) is 6.04. The van der Waals surface area contributed by atoms with E-state index in [1.807, 2.05) is 13.8 Å². The van der Waals surface area contributed by atoms with Gasteiger partial charge in [-0.2, -0.15) is 0 Å². The normalized spacial score (nSPS) is 22.9. The third-order valence-corrected chi connectivity index (χ3v) is 4.22. The van der Waals surface area contributed by atoms with Crippen LogP contribution in [0.3, 0.4) is 0 Å². The minimum atomic E-state index is -0.214. The van der Waals surface area contributed by atoms with Crippen LogP contribution in [0.25, 0.3) is 0 Å². The first-order chi connectivity index (χ1) is 9.57. The number of hydrogen-bond acceptors (Lipinski definition) is 3. The fourth-order valence-corrected chi connectivity index (χ4v) is 2.62. The van der Waals surface area contributed by atoms with Gasteiger partial charge in [-0.3, -0.25) is 4.90 Å². The Kier molecular flexibility index (Phi) is 4.90. The topological polar surface area (TPSA) is 53.6 Å². The van der Waals surface area contributed by atoms with Gasteiger partial charge in [-0.1, -0.05) is 19.8 Å². The Bertz CT molecular complexity index is 379. The zero-order chi connectivity index (χ0) is 14.6. The van der Waals surface area contributed by atoms with Gasteiger partial charge in [0.15, 0.2) is 0 Å². The zero-order valence-electron chi connectivity index (χ0n) is 12.4. The van der Waals surface area contributed by atoms with E-state index in [9.17, 15) is 4.79 Å². The van der Waals surface area contributed by atoms with Crippen molar-refractivity contribution in [3.63, 3.8) is 0 Å². The average Bonchev–Trinajstić information content (AvgIpc) is 3.24. The number of nitrogens with zero attached hydrogens (tertiary/aromatic N) is 1. The highest BCUT2D eigenvalue weighted by Crippen LogP contribution is 2.41. The summed E-state index contributed by atoms with van der Waals surface area (Å²) in [4.78, 5) is 14.4. The molecule has 1 heterocycles. The number of terminal acetylenes is 1. The fourth-order valence-electron chi connectivity index (χ4n) is 2.62. The van der Waals surface area contributed by atoms with Crippen LogP contribution >= 0.6 is 0 Å². The molecular weight excluding hydrogens is 254 g/mol. The number of ether oxygens (including phenoxy) is 1. The summed E-state index contributed by atoms with van der Waals surface area (Å²) in [7, 11) is 0. The summed E-state index contributed by atoms with van der Waals surface area (Å²) >= 11 is 0. The summed E-state index contributed by atoms with van der Waals surface area (Å²) in [5.74, 6) is 2.85. The Labute approximate surface area is 121 Å². The quantitative estimate of drug-likeness (QED) is 0.732. The summed E-state index contributed by atoms with van der Waals surface area (Å²) in [6.07, 6.45) is 7.72. The van der Waals surface area contributed by atoms with Crippen LogP contribution in [0.1, 0.15) is 26.7 Å². The molecule has 2 N–H and O–H groups in total. The van der Waals surface area contributed by atoms with Gasteiger partial charge in [-0.25, -0.2) is 4.79 Å². The second-order valence-corrected chi connectivity index (χ2v) is 6.04. The minimum absolute atomic E-state index is 0.157. The van der Waals surface area contributed by atoms with Gasteiger partial charge in [-0.05, 0) is 18.8 Å². The predicted octanol–water partition coefficient (Wildman–Crippen LogP) is 0.808. The molecule has 1 aliphatic heterocycles. The Morgan fingerprint density at radius 2 is 2.05 bits per heavy atom. The van der Waals surface area contributed by atoms with Crippen molar-refractivity contribution in [2.45, 2.75) is 38.3 Å². The van der Waals surface area contributed by atoms with Crippen LogP contribution < -0.4 is 10.6 Å². The van der Waals surface area contributed by atoms with Gasteiger partial charge in [0.1, 0.15) is 0 Å². The van der Waals surface area contributed by atoms with Gasteiger partial charge in [-0.15, -0.1) is 6.42 Å². The first kappa shape index (κ1) is 15.1. The summed E-state index contributed by atoms with van der Waals surface area (Å²) in [6.45, 7) is 8.20. The number of nitrogens with one attached hydrogen (secondary N) is 2. The molecule has 112 valence electrons. The minimum Gasteiger partial charge on any atom is -0.379 e. The van der Waals surface area contributed by atoms with Crippen LogP contribution in [0.4, 0.5) is 4.79 Å². The van der Waals surface area contributed by atoms with Crippen molar-refractivity contribution in [3.05, 3.63) is 0 Å². The van der Waals surface area contributed by atoms with E-state index in [4.69, 9.17) is 11.2 Å². The maximum Gasteiger partial charge on any atom is 0.315 e. The summed E-state index contributed by atoms with van der Waals surface area (Å²) in [5.41, 5.74) is 0.157. The van der Waals surface area contributed by atoms with E-state index in [2.05, 4.69) is 21.5 Å². The largest absolute Gasteiger partial charge is 0.379 e. The van der Waals surface area contributed by atoms with Gasteiger partial charge in [0, 0.05) is 25.2 Å². The first-order valence-corrected chi connectivity index (χ1v) is 7.41. The molecule has 0 bridgehead atoms. The lowest BCUT2D eigenvalue weighted by molar-refractivity contribution is 0.0102. The molecule has 0 radical (unpaired) electrons. The lowest BCUT2D eigenvalue weighted by Gasteiger charge is -2.35. The van der Waals surface area contributed by atoms with Crippen LogP contribution in [0.2, 0.25) is 0 Å². The van der Waals surface area contributed by atoms with Gasteiger partial charge in [0.2, 0.25) is 0 Å². The van der Waals surface area contributed by atoms with E-state index in [-0.39, 0.29) is 23.5 Å². The molecule has 2 aliphatic rings. The molecule has 0 aromatic rings. The molecule has 1 aliphatic carbocycles. The van der Waals surface area contributed by atoms with Gasteiger partial charge in [0.25, 0.3) is 0 Å². The molecule has 0 aromatic heterocycles. The van der Waals surface area contributed by atoms with Gasteiger partial charge < -0.3 is 15.4 Å². The predicted molar refractivity (Wildman–Crippen MR) is 78.4 cm³/mol. The van der Waals surface area contributed by atoms with Crippen molar-refractivity contribution in [2.24, 2.45) is 5.92 Å². The van der Waals surface area contributed by atoms with E-state index in [0.717, 1.165) is 39.1 Å². The van der Waals surface area contributed by atoms with Crippen LogP contribution in [0, 0.1) is 18.3 Å². The maximum atomic E-state index is 11.9. The molecule has 2 fully saturated rings. The van der Waals surface area contributed by atoms with E-state index < -0.39 is 0 Å². The second kappa shape index (κ2) is 6.47. The lowest BCUT2D eigenvalue weighted by Crippen LogP contribution is -2.53. The van der Waals surface area contributed by atoms with E-state index >= 15 is 0 Å². The smallest absolute Gasteiger partial charge is 0.315 e. The van der Waals surface area contributed by atoms with Crippen molar-refractivity contribution in [1.82, 2.24) is 15.5 Å². The number of carbonyl (C=O) groups excluding carboxylic acids is 1. The van der Waals surface area contributed by atoms with E-state index in [0.29, 0.717) is 6.54 Å². The molecule has 2 amide bonds. The average molecular weight is 279 g/mol. The number of hydrogen-bond donors (Lipinski definition) is 2. The SMILES string of the molecule is C#C[C@H](NC(=O)NCC1(N2CCOCC2)CC1)C(C)C. The molecule has 1 saturated heterocycles. The summed E-state index contributed by atoms with van der Waals surface area (Å²) < 4.78 is 5.38.